The summed E-state index contributed by atoms with van der Waals surface area (Å²) in [5, 5.41) is 0. The van der Waals surface area contributed by atoms with Gasteiger partial charge in [0, 0.05) is 14.2 Å². The third-order valence-electron chi connectivity index (χ3n) is 3.93. The van der Waals surface area contributed by atoms with Crippen molar-refractivity contribution in [2.45, 2.75) is 18.9 Å². The maximum atomic E-state index is 6.19. The number of ether oxygens (including phenoxy) is 5. The van der Waals surface area contributed by atoms with Crippen LogP contribution < -0.4 is 15.2 Å². The van der Waals surface area contributed by atoms with Gasteiger partial charge in [-0.2, -0.15) is 0 Å². The molecule has 0 heterocycles. The average molecular weight is 361 g/mol. The molecule has 6 heteroatoms. The largest absolute Gasteiger partial charge is 0.493 e. The first-order chi connectivity index (χ1) is 12.7. The van der Waals surface area contributed by atoms with E-state index in [-0.39, 0.29) is 0 Å². The molecule has 2 N–H and O–H groups in total. The van der Waals surface area contributed by atoms with Gasteiger partial charge in [0.05, 0.1) is 26.4 Å². The molecule has 0 aromatic heterocycles. The standard InChI is InChI=1S/C20H27NO5/c1-22-17-10-9-16(19(21)20(23-2)24-3)13-18(17)26-12-11-25-14-15-7-5-4-6-8-15/h4-10,13,19-20H,11-12,14,21H2,1-3H3. The average Bonchev–Trinajstić information content (AvgIpc) is 2.69. The quantitative estimate of drug-likeness (QED) is 0.490. The lowest BCUT2D eigenvalue weighted by Gasteiger charge is -2.22. The molecule has 2 aromatic rings. The Labute approximate surface area is 154 Å². The Bertz CT molecular complexity index is 646. The van der Waals surface area contributed by atoms with Gasteiger partial charge in [0.15, 0.2) is 17.8 Å². The van der Waals surface area contributed by atoms with Gasteiger partial charge in [-0.1, -0.05) is 36.4 Å². The third-order valence-corrected chi connectivity index (χ3v) is 3.93. The molecule has 0 amide bonds. The zero-order chi connectivity index (χ0) is 18.8. The summed E-state index contributed by atoms with van der Waals surface area (Å²) in [7, 11) is 4.71. The summed E-state index contributed by atoms with van der Waals surface area (Å²) < 4.78 is 27.3. The van der Waals surface area contributed by atoms with Crippen LogP contribution >= 0.6 is 0 Å². The zero-order valence-electron chi connectivity index (χ0n) is 15.5. The molecule has 0 fully saturated rings. The molecule has 1 atom stereocenters. The van der Waals surface area contributed by atoms with Gasteiger partial charge in [-0.3, -0.25) is 0 Å². The highest BCUT2D eigenvalue weighted by atomic mass is 16.7. The lowest BCUT2D eigenvalue weighted by atomic mass is 10.1. The fourth-order valence-electron chi connectivity index (χ4n) is 2.53. The van der Waals surface area contributed by atoms with Gasteiger partial charge in [-0.05, 0) is 23.3 Å². The first-order valence-corrected chi connectivity index (χ1v) is 8.43. The van der Waals surface area contributed by atoms with E-state index in [9.17, 15) is 0 Å². The highest BCUT2D eigenvalue weighted by Gasteiger charge is 2.20. The van der Waals surface area contributed by atoms with E-state index in [1.165, 1.54) is 0 Å². The molecular weight excluding hydrogens is 334 g/mol. The summed E-state index contributed by atoms with van der Waals surface area (Å²) in [6.07, 6.45) is -0.537. The Kier molecular flexibility index (Phi) is 8.37. The van der Waals surface area contributed by atoms with Crippen molar-refractivity contribution < 1.29 is 23.7 Å². The van der Waals surface area contributed by atoms with E-state index in [2.05, 4.69) is 0 Å². The first kappa shape index (κ1) is 20.2. The minimum atomic E-state index is -0.537. The maximum Gasteiger partial charge on any atom is 0.176 e. The van der Waals surface area contributed by atoms with Crippen LogP contribution in [0.3, 0.4) is 0 Å². The van der Waals surface area contributed by atoms with Crippen molar-refractivity contribution in [3.63, 3.8) is 0 Å². The monoisotopic (exact) mass is 361 g/mol. The van der Waals surface area contributed by atoms with E-state index >= 15 is 0 Å². The smallest absolute Gasteiger partial charge is 0.176 e. The van der Waals surface area contributed by atoms with Crippen LogP contribution in [0.1, 0.15) is 17.2 Å². The Morgan fingerprint density at radius 2 is 1.62 bits per heavy atom. The first-order valence-electron chi connectivity index (χ1n) is 8.43. The van der Waals surface area contributed by atoms with E-state index in [4.69, 9.17) is 29.4 Å². The van der Waals surface area contributed by atoms with Crippen LogP contribution in [0, 0.1) is 0 Å². The van der Waals surface area contributed by atoms with Crippen molar-refractivity contribution in [3.05, 3.63) is 59.7 Å². The van der Waals surface area contributed by atoms with Gasteiger partial charge < -0.3 is 29.4 Å². The Morgan fingerprint density at radius 1 is 0.885 bits per heavy atom. The summed E-state index contributed by atoms with van der Waals surface area (Å²) in [6, 6.07) is 15.1. The molecule has 0 bridgehead atoms. The fraction of sp³-hybridized carbons (Fsp3) is 0.400. The molecule has 0 saturated carbocycles. The van der Waals surface area contributed by atoms with Gasteiger partial charge in [-0.15, -0.1) is 0 Å². The number of rotatable bonds is 11. The van der Waals surface area contributed by atoms with Crippen LogP contribution in [0.2, 0.25) is 0 Å². The van der Waals surface area contributed by atoms with Crippen LogP contribution in [0.25, 0.3) is 0 Å². The van der Waals surface area contributed by atoms with Crippen LogP contribution in [0.5, 0.6) is 11.5 Å². The Morgan fingerprint density at radius 3 is 2.27 bits per heavy atom. The van der Waals surface area contributed by atoms with E-state index in [0.29, 0.717) is 31.3 Å². The molecule has 0 radical (unpaired) electrons. The molecule has 0 saturated heterocycles. The lowest BCUT2D eigenvalue weighted by Crippen LogP contribution is -2.29. The summed E-state index contributed by atoms with van der Waals surface area (Å²) in [5.74, 6) is 1.24. The second-order valence-corrected chi connectivity index (χ2v) is 5.66. The SMILES string of the molecule is COc1ccc(C(N)C(OC)OC)cc1OCCOCc1ccccc1. The fourth-order valence-corrected chi connectivity index (χ4v) is 2.53. The number of hydrogen-bond acceptors (Lipinski definition) is 6. The van der Waals surface area contributed by atoms with Crippen molar-refractivity contribution in [2.24, 2.45) is 5.73 Å². The number of hydrogen-bond donors (Lipinski definition) is 1. The summed E-state index contributed by atoms with van der Waals surface area (Å²) >= 11 is 0. The summed E-state index contributed by atoms with van der Waals surface area (Å²) in [4.78, 5) is 0. The van der Waals surface area contributed by atoms with Gasteiger partial charge >= 0.3 is 0 Å². The van der Waals surface area contributed by atoms with Crippen molar-refractivity contribution in [2.75, 3.05) is 34.5 Å². The van der Waals surface area contributed by atoms with E-state index in [1.807, 2.05) is 48.5 Å². The second kappa shape index (κ2) is 10.8. The zero-order valence-corrected chi connectivity index (χ0v) is 15.5. The number of methoxy groups -OCH3 is 3. The highest BCUT2D eigenvalue weighted by Crippen LogP contribution is 2.31. The van der Waals surface area contributed by atoms with Crippen LogP contribution in [-0.4, -0.2) is 40.8 Å². The molecule has 2 rings (SSSR count). The predicted octanol–water partition coefficient (Wildman–Crippen LogP) is 2.91. The molecule has 26 heavy (non-hydrogen) atoms. The van der Waals surface area contributed by atoms with E-state index < -0.39 is 12.3 Å². The number of nitrogens with two attached hydrogens (primary N) is 1. The minimum Gasteiger partial charge on any atom is -0.493 e. The van der Waals surface area contributed by atoms with E-state index in [0.717, 1.165) is 11.1 Å². The minimum absolute atomic E-state index is 0.403. The number of benzene rings is 2. The highest BCUT2D eigenvalue weighted by molar-refractivity contribution is 5.44. The van der Waals surface area contributed by atoms with Gasteiger partial charge in [-0.25, -0.2) is 0 Å². The predicted molar refractivity (Wildman–Crippen MR) is 99.3 cm³/mol. The van der Waals surface area contributed by atoms with E-state index in [1.54, 1.807) is 21.3 Å². The van der Waals surface area contributed by atoms with Crippen molar-refractivity contribution >= 4 is 0 Å². The molecule has 1 unspecified atom stereocenters. The molecule has 2 aromatic carbocycles. The summed E-state index contributed by atoms with van der Waals surface area (Å²) in [6.45, 7) is 1.42. The molecule has 0 aliphatic carbocycles. The molecule has 142 valence electrons. The van der Waals surface area contributed by atoms with Crippen LogP contribution in [-0.2, 0) is 20.8 Å². The Hall–Kier alpha value is -2.12. The van der Waals surface area contributed by atoms with Crippen molar-refractivity contribution in [1.29, 1.82) is 0 Å². The van der Waals surface area contributed by atoms with Gasteiger partial charge in [0.2, 0.25) is 0 Å². The normalized spacial score (nSPS) is 12.2. The molecular formula is C20H27NO5. The van der Waals surface area contributed by atoms with Crippen molar-refractivity contribution in [1.82, 2.24) is 0 Å². The third kappa shape index (κ3) is 5.71. The molecule has 0 aliphatic heterocycles. The van der Waals surface area contributed by atoms with Crippen LogP contribution in [0.15, 0.2) is 48.5 Å². The molecule has 6 nitrogen and oxygen atoms in total. The molecule has 0 spiro atoms. The van der Waals surface area contributed by atoms with Gasteiger partial charge in [0.1, 0.15) is 6.61 Å². The topological polar surface area (TPSA) is 72.2 Å². The summed E-state index contributed by atoms with van der Waals surface area (Å²) in [5.41, 5.74) is 8.15. The molecule has 0 aliphatic rings. The second-order valence-electron chi connectivity index (χ2n) is 5.66. The van der Waals surface area contributed by atoms with Crippen molar-refractivity contribution in [3.8, 4) is 11.5 Å². The Balaban J connectivity index is 1.91. The van der Waals surface area contributed by atoms with Crippen LogP contribution in [0.4, 0.5) is 0 Å². The lowest BCUT2D eigenvalue weighted by molar-refractivity contribution is -0.117. The van der Waals surface area contributed by atoms with Gasteiger partial charge in [0.25, 0.3) is 0 Å². The maximum absolute atomic E-state index is 6.19.